The fraction of sp³-hybridized carbons (Fsp3) is 0.519. The smallest absolute Gasteiger partial charge is 0.342 e. The van der Waals surface area contributed by atoms with E-state index in [0.717, 1.165) is 11.6 Å². The molecule has 1 saturated heterocycles. The number of rotatable bonds is 8. The minimum atomic E-state index is -4.42. The first-order valence-corrected chi connectivity index (χ1v) is 11.9. The Bertz CT molecular complexity index is 973. The van der Waals surface area contributed by atoms with Gasteiger partial charge in [-0.3, -0.25) is 9.69 Å². The van der Waals surface area contributed by atoms with Gasteiger partial charge in [-0.25, -0.2) is 4.39 Å². The molecule has 2 aromatic rings. The van der Waals surface area contributed by atoms with Crippen molar-refractivity contribution >= 4 is 5.91 Å². The Balaban J connectivity index is 1.88. The van der Waals surface area contributed by atoms with Gasteiger partial charge >= 0.3 is 6.18 Å². The number of likely N-dealkylation sites (tertiary alicyclic amines) is 1. The Kier molecular flexibility index (Phi) is 8.39. The van der Waals surface area contributed by atoms with Crippen molar-refractivity contribution in [3.05, 3.63) is 71.0 Å². The Labute approximate surface area is 199 Å². The average molecular weight is 479 g/mol. The molecule has 1 heterocycles. The van der Waals surface area contributed by atoms with E-state index in [1.807, 2.05) is 29.7 Å². The molecule has 0 unspecified atom stereocenters. The van der Waals surface area contributed by atoms with Crippen LogP contribution < -0.4 is 0 Å². The van der Waals surface area contributed by atoms with Crippen LogP contribution in [0.25, 0.3) is 0 Å². The van der Waals surface area contributed by atoms with E-state index in [4.69, 9.17) is 0 Å². The van der Waals surface area contributed by atoms with E-state index >= 15 is 0 Å². The zero-order chi connectivity index (χ0) is 25.0. The van der Waals surface area contributed by atoms with E-state index in [2.05, 4.69) is 13.8 Å². The van der Waals surface area contributed by atoms with E-state index < -0.39 is 11.7 Å². The lowest BCUT2D eigenvalue weighted by Crippen LogP contribution is -2.41. The molecule has 2 atom stereocenters. The van der Waals surface area contributed by atoms with Crippen molar-refractivity contribution in [1.82, 2.24) is 9.80 Å². The molecule has 3 nitrogen and oxygen atoms in total. The van der Waals surface area contributed by atoms with Crippen LogP contribution in [0.2, 0.25) is 0 Å². The van der Waals surface area contributed by atoms with E-state index in [1.165, 1.54) is 24.3 Å². The minimum absolute atomic E-state index is 0.0127. The lowest BCUT2D eigenvalue weighted by atomic mass is 9.88. The zero-order valence-corrected chi connectivity index (χ0v) is 20.3. The van der Waals surface area contributed by atoms with Crippen molar-refractivity contribution in [2.45, 2.75) is 46.3 Å². The molecule has 34 heavy (non-hydrogen) atoms. The van der Waals surface area contributed by atoms with Crippen LogP contribution in [0.3, 0.4) is 0 Å². The van der Waals surface area contributed by atoms with Crippen LogP contribution in [-0.4, -0.2) is 41.9 Å². The second-order valence-corrected chi connectivity index (χ2v) is 10.1. The van der Waals surface area contributed by atoms with Crippen molar-refractivity contribution in [3.8, 4) is 0 Å². The molecule has 0 saturated carbocycles. The number of halogens is 4. The summed E-state index contributed by atoms with van der Waals surface area (Å²) >= 11 is 0. The minimum Gasteiger partial charge on any atom is -0.342 e. The predicted molar refractivity (Wildman–Crippen MR) is 126 cm³/mol. The number of nitrogens with zero attached hydrogens (tertiary/aromatic N) is 2. The molecule has 1 fully saturated rings. The Hall–Kier alpha value is -2.41. The molecule has 1 amide bonds. The van der Waals surface area contributed by atoms with Gasteiger partial charge in [-0.05, 0) is 41.2 Å². The normalized spacial score (nSPS) is 19.2. The number of carbonyl (C=O) groups is 1. The molecule has 0 radical (unpaired) electrons. The van der Waals surface area contributed by atoms with Gasteiger partial charge in [0.05, 0.1) is 5.56 Å². The molecule has 0 aliphatic carbocycles. The molecule has 3 rings (SSSR count). The molecule has 186 valence electrons. The van der Waals surface area contributed by atoms with Crippen LogP contribution in [0, 0.1) is 23.6 Å². The first-order chi connectivity index (χ1) is 16.0. The summed E-state index contributed by atoms with van der Waals surface area (Å²) in [4.78, 5) is 16.8. The van der Waals surface area contributed by atoms with Crippen LogP contribution in [-0.2, 0) is 17.5 Å². The first kappa shape index (κ1) is 26.2. The lowest BCUT2D eigenvalue weighted by molar-refractivity contribution is -0.138. The Morgan fingerprint density at radius 1 is 1.06 bits per heavy atom. The highest BCUT2D eigenvalue weighted by Gasteiger charge is 2.38. The third kappa shape index (κ3) is 6.59. The Morgan fingerprint density at radius 2 is 1.76 bits per heavy atom. The largest absolute Gasteiger partial charge is 0.416 e. The summed E-state index contributed by atoms with van der Waals surface area (Å²) in [5.74, 6) is -0.235. The van der Waals surface area contributed by atoms with Gasteiger partial charge in [0.2, 0.25) is 5.91 Å². The number of hydrogen-bond donors (Lipinski definition) is 0. The molecule has 0 bridgehead atoms. The second kappa shape index (κ2) is 10.9. The zero-order valence-electron chi connectivity index (χ0n) is 20.3. The number of amides is 1. The fourth-order valence-electron chi connectivity index (χ4n) is 4.91. The van der Waals surface area contributed by atoms with Gasteiger partial charge in [-0.2, -0.15) is 13.2 Å². The summed E-state index contributed by atoms with van der Waals surface area (Å²) in [6.45, 7) is 10.1. The van der Waals surface area contributed by atoms with Crippen molar-refractivity contribution in [2.75, 3.05) is 26.2 Å². The van der Waals surface area contributed by atoms with Crippen LogP contribution in [0.4, 0.5) is 17.6 Å². The van der Waals surface area contributed by atoms with Gasteiger partial charge in [0.15, 0.2) is 0 Å². The van der Waals surface area contributed by atoms with E-state index in [1.54, 1.807) is 12.1 Å². The van der Waals surface area contributed by atoms with Crippen LogP contribution in [0.15, 0.2) is 48.5 Å². The van der Waals surface area contributed by atoms with Crippen LogP contribution in [0.5, 0.6) is 0 Å². The standard InChI is InChI=1S/C27H34F4N2O/c1-18(2)13-33(26(34)19(3)4)16-22-15-32(17-24(22)20-9-7-10-23(28)12-20)14-21-8-5-6-11-25(21)27(29,30)31/h5-12,18-19,22,24H,13-17H2,1-4H3/t22-,24-/m1/s1. The van der Waals surface area contributed by atoms with Gasteiger partial charge in [0, 0.05) is 44.6 Å². The third-order valence-corrected chi connectivity index (χ3v) is 6.36. The van der Waals surface area contributed by atoms with Crippen molar-refractivity contribution < 1.29 is 22.4 Å². The van der Waals surface area contributed by atoms with Gasteiger partial charge < -0.3 is 4.90 Å². The highest BCUT2D eigenvalue weighted by molar-refractivity contribution is 5.78. The Morgan fingerprint density at radius 3 is 2.38 bits per heavy atom. The molecule has 1 aliphatic rings. The maximum Gasteiger partial charge on any atom is 0.416 e. The lowest BCUT2D eigenvalue weighted by Gasteiger charge is -2.31. The topological polar surface area (TPSA) is 23.6 Å². The first-order valence-electron chi connectivity index (χ1n) is 11.9. The van der Waals surface area contributed by atoms with Gasteiger partial charge in [0.25, 0.3) is 0 Å². The van der Waals surface area contributed by atoms with Crippen molar-refractivity contribution in [2.24, 2.45) is 17.8 Å². The van der Waals surface area contributed by atoms with Crippen molar-refractivity contribution in [1.29, 1.82) is 0 Å². The molecule has 0 N–H and O–H groups in total. The van der Waals surface area contributed by atoms with E-state index in [0.29, 0.717) is 26.2 Å². The number of carbonyl (C=O) groups excluding carboxylic acids is 1. The summed E-state index contributed by atoms with van der Waals surface area (Å²) in [7, 11) is 0. The highest BCUT2D eigenvalue weighted by atomic mass is 19.4. The number of alkyl halides is 3. The van der Waals surface area contributed by atoms with Gasteiger partial charge in [-0.15, -0.1) is 0 Å². The maximum atomic E-state index is 14.0. The van der Waals surface area contributed by atoms with Crippen LogP contribution >= 0.6 is 0 Å². The summed E-state index contributed by atoms with van der Waals surface area (Å²) in [5, 5.41) is 0. The highest BCUT2D eigenvalue weighted by Crippen LogP contribution is 2.37. The molecule has 2 aromatic carbocycles. The van der Waals surface area contributed by atoms with Gasteiger partial charge in [0.1, 0.15) is 5.82 Å². The molecule has 0 aromatic heterocycles. The molecular weight excluding hydrogens is 444 g/mol. The second-order valence-electron chi connectivity index (χ2n) is 10.1. The summed E-state index contributed by atoms with van der Waals surface area (Å²) in [6, 6.07) is 12.1. The maximum absolute atomic E-state index is 14.0. The third-order valence-electron chi connectivity index (χ3n) is 6.36. The van der Waals surface area contributed by atoms with Gasteiger partial charge in [-0.1, -0.05) is 58.0 Å². The van der Waals surface area contributed by atoms with E-state index in [9.17, 15) is 22.4 Å². The molecule has 7 heteroatoms. The summed E-state index contributed by atoms with van der Waals surface area (Å²) in [6.07, 6.45) is -4.42. The van der Waals surface area contributed by atoms with Crippen LogP contribution in [0.1, 0.15) is 50.3 Å². The fourth-order valence-corrected chi connectivity index (χ4v) is 4.91. The quantitative estimate of drug-likeness (QED) is 0.422. The molecule has 1 aliphatic heterocycles. The summed E-state index contributed by atoms with van der Waals surface area (Å²) < 4.78 is 54.7. The number of hydrogen-bond acceptors (Lipinski definition) is 2. The van der Waals surface area contributed by atoms with Crippen molar-refractivity contribution in [3.63, 3.8) is 0 Å². The predicted octanol–water partition coefficient (Wildman–Crippen LogP) is 6.20. The average Bonchev–Trinajstić information content (AvgIpc) is 3.14. The molecule has 0 spiro atoms. The SMILES string of the molecule is CC(C)CN(C[C@H]1CN(Cc2ccccc2C(F)(F)F)C[C@@H]1c1cccc(F)c1)C(=O)C(C)C. The monoisotopic (exact) mass is 478 g/mol. The van der Waals surface area contributed by atoms with E-state index in [-0.39, 0.29) is 47.5 Å². The number of benzene rings is 2. The summed E-state index contributed by atoms with van der Waals surface area (Å²) in [5.41, 5.74) is 0.418. The molecular formula is C27H34F4N2O.